The summed E-state index contributed by atoms with van der Waals surface area (Å²) in [6.45, 7) is 2.31. The minimum absolute atomic E-state index is 0.342. The maximum atomic E-state index is 11.4. The highest BCUT2D eigenvalue weighted by Gasteiger charge is 2.36. The van der Waals surface area contributed by atoms with E-state index in [0.717, 1.165) is 27.6 Å². The average molecular weight is 293 g/mol. The first-order chi connectivity index (χ1) is 10.6. The molecule has 0 aliphatic carbocycles. The molecule has 1 fully saturated rings. The number of aromatic nitrogens is 2. The number of cyclic esters (lactones) is 1. The number of amides is 1. The maximum absolute atomic E-state index is 11.4. The summed E-state index contributed by atoms with van der Waals surface area (Å²) in [6, 6.07) is 14.3. The molecule has 1 aliphatic rings. The zero-order valence-electron chi connectivity index (χ0n) is 12.1. The normalized spacial score (nSPS) is 20.9. The Morgan fingerprint density at radius 3 is 2.86 bits per heavy atom. The van der Waals surface area contributed by atoms with Gasteiger partial charge in [-0.1, -0.05) is 30.3 Å². The quantitative estimate of drug-likeness (QED) is 0.762. The van der Waals surface area contributed by atoms with Crippen molar-refractivity contribution in [3.63, 3.8) is 0 Å². The molecule has 1 unspecified atom stereocenters. The monoisotopic (exact) mass is 293 g/mol. The molecule has 2 aromatic carbocycles. The lowest BCUT2D eigenvalue weighted by Crippen LogP contribution is -2.37. The lowest BCUT2D eigenvalue weighted by atomic mass is 9.91. The second-order valence-electron chi connectivity index (χ2n) is 5.79. The van der Waals surface area contributed by atoms with Gasteiger partial charge in [-0.3, -0.25) is 5.10 Å². The first-order valence-electron chi connectivity index (χ1n) is 7.13. The Balaban J connectivity index is 1.76. The Kier molecular flexibility index (Phi) is 2.69. The van der Waals surface area contributed by atoms with Crippen LogP contribution in [0.15, 0.2) is 48.7 Å². The highest BCUT2D eigenvalue weighted by atomic mass is 16.6. The van der Waals surface area contributed by atoms with Crippen LogP contribution in [0.5, 0.6) is 0 Å². The number of fused-ring (bicyclic) bond motifs is 1. The van der Waals surface area contributed by atoms with E-state index in [1.807, 2.05) is 31.3 Å². The molecule has 1 aromatic heterocycles. The lowest BCUT2D eigenvalue weighted by Gasteiger charge is -2.22. The molecule has 1 aliphatic heterocycles. The van der Waals surface area contributed by atoms with Gasteiger partial charge in [0.1, 0.15) is 6.61 Å². The number of benzene rings is 2. The second-order valence-corrected chi connectivity index (χ2v) is 5.79. The van der Waals surface area contributed by atoms with Crippen molar-refractivity contribution in [2.45, 2.75) is 12.5 Å². The third kappa shape index (κ3) is 2.02. The first-order valence-corrected chi connectivity index (χ1v) is 7.13. The van der Waals surface area contributed by atoms with Crippen molar-refractivity contribution >= 4 is 17.0 Å². The lowest BCUT2D eigenvalue weighted by molar-refractivity contribution is 0.173. The van der Waals surface area contributed by atoms with Gasteiger partial charge in [0.2, 0.25) is 0 Å². The highest BCUT2D eigenvalue weighted by Crippen LogP contribution is 2.30. The predicted molar refractivity (Wildman–Crippen MR) is 83.4 cm³/mol. The Hall–Kier alpha value is -2.82. The van der Waals surface area contributed by atoms with E-state index in [4.69, 9.17) is 4.74 Å². The summed E-state index contributed by atoms with van der Waals surface area (Å²) in [5.74, 6) is 0. The van der Waals surface area contributed by atoms with Crippen LogP contribution in [0.25, 0.3) is 22.0 Å². The number of carbonyl (C=O) groups excluding carboxylic acids is 1. The molecule has 0 radical (unpaired) electrons. The Bertz CT molecular complexity index is 871. The largest absolute Gasteiger partial charge is 0.447 e. The minimum atomic E-state index is -0.481. The SMILES string of the molecule is CC1(c2cccc(-c3ccc4cn[nH]c4c3)c2)COC(=O)N1. The number of H-pyrrole nitrogens is 1. The van der Waals surface area contributed by atoms with E-state index >= 15 is 0 Å². The standard InChI is InChI=1S/C17H15N3O2/c1-17(10-22-16(21)19-17)14-4-2-3-11(7-14)12-5-6-13-9-18-20-15(13)8-12/h2-9H,10H2,1H3,(H,18,20)(H,19,21). The summed E-state index contributed by atoms with van der Waals surface area (Å²) in [5, 5.41) is 11.0. The average Bonchev–Trinajstić information content (AvgIpc) is 3.14. The van der Waals surface area contributed by atoms with Crippen molar-refractivity contribution in [2.75, 3.05) is 6.61 Å². The number of nitrogens with zero attached hydrogens (tertiary/aromatic N) is 1. The van der Waals surface area contributed by atoms with E-state index in [9.17, 15) is 4.79 Å². The molecule has 0 spiro atoms. The van der Waals surface area contributed by atoms with Crippen LogP contribution in [0.1, 0.15) is 12.5 Å². The molecule has 110 valence electrons. The Labute approximate surface area is 127 Å². The molecule has 3 aromatic rings. The number of hydrogen-bond donors (Lipinski definition) is 2. The molecule has 0 saturated carbocycles. The van der Waals surface area contributed by atoms with Crippen LogP contribution >= 0.6 is 0 Å². The van der Waals surface area contributed by atoms with Crippen molar-refractivity contribution in [3.8, 4) is 11.1 Å². The van der Waals surface area contributed by atoms with Gasteiger partial charge in [0.15, 0.2) is 0 Å². The summed E-state index contributed by atoms with van der Waals surface area (Å²) < 4.78 is 5.05. The third-order valence-electron chi connectivity index (χ3n) is 4.14. The molecule has 2 N–H and O–H groups in total. The smallest absolute Gasteiger partial charge is 0.408 e. The van der Waals surface area contributed by atoms with Crippen LogP contribution in [-0.2, 0) is 10.3 Å². The fourth-order valence-corrected chi connectivity index (χ4v) is 2.82. The summed E-state index contributed by atoms with van der Waals surface area (Å²) in [5.41, 5.74) is 3.75. The molecule has 5 nitrogen and oxygen atoms in total. The van der Waals surface area contributed by atoms with Gasteiger partial charge in [0, 0.05) is 5.39 Å². The predicted octanol–water partition coefficient (Wildman–Crippen LogP) is 3.18. The van der Waals surface area contributed by atoms with E-state index in [-0.39, 0.29) is 6.09 Å². The fourth-order valence-electron chi connectivity index (χ4n) is 2.82. The van der Waals surface area contributed by atoms with Gasteiger partial charge < -0.3 is 10.1 Å². The maximum Gasteiger partial charge on any atom is 0.408 e. The van der Waals surface area contributed by atoms with Crippen LogP contribution in [0, 0.1) is 0 Å². The van der Waals surface area contributed by atoms with Crippen LogP contribution in [0.2, 0.25) is 0 Å². The van der Waals surface area contributed by atoms with Crippen molar-refractivity contribution in [3.05, 3.63) is 54.2 Å². The summed E-state index contributed by atoms with van der Waals surface area (Å²) in [4.78, 5) is 11.4. The molecule has 0 bridgehead atoms. The third-order valence-corrected chi connectivity index (χ3v) is 4.14. The number of nitrogens with one attached hydrogen (secondary N) is 2. The van der Waals surface area contributed by atoms with Gasteiger partial charge in [0.05, 0.1) is 17.3 Å². The van der Waals surface area contributed by atoms with Crippen LogP contribution in [0.4, 0.5) is 4.79 Å². The second kappa shape index (κ2) is 4.59. The Morgan fingerprint density at radius 1 is 1.18 bits per heavy atom. The zero-order chi connectivity index (χ0) is 15.2. The number of aromatic amines is 1. The topological polar surface area (TPSA) is 67.0 Å². The number of rotatable bonds is 2. The van der Waals surface area contributed by atoms with Crippen LogP contribution in [-0.4, -0.2) is 22.9 Å². The van der Waals surface area contributed by atoms with Crippen LogP contribution in [0.3, 0.4) is 0 Å². The fraction of sp³-hybridized carbons (Fsp3) is 0.176. The summed E-state index contributed by atoms with van der Waals surface area (Å²) in [6.07, 6.45) is 1.44. The Morgan fingerprint density at radius 2 is 2.05 bits per heavy atom. The van der Waals surface area contributed by atoms with Gasteiger partial charge in [-0.15, -0.1) is 0 Å². The van der Waals surface area contributed by atoms with Crippen molar-refractivity contribution in [1.82, 2.24) is 15.5 Å². The van der Waals surface area contributed by atoms with Crippen molar-refractivity contribution in [2.24, 2.45) is 0 Å². The molecule has 1 saturated heterocycles. The first kappa shape index (κ1) is 12.9. The molecule has 1 atom stereocenters. The van der Waals surface area contributed by atoms with Gasteiger partial charge in [-0.25, -0.2) is 4.79 Å². The van der Waals surface area contributed by atoms with E-state index in [1.54, 1.807) is 0 Å². The number of ether oxygens (including phenoxy) is 1. The molecule has 5 heteroatoms. The van der Waals surface area contributed by atoms with Gasteiger partial charge >= 0.3 is 6.09 Å². The minimum Gasteiger partial charge on any atom is -0.447 e. The van der Waals surface area contributed by atoms with E-state index < -0.39 is 5.54 Å². The summed E-state index contributed by atoms with van der Waals surface area (Å²) in [7, 11) is 0. The number of carbonyl (C=O) groups is 1. The summed E-state index contributed by atoms with van der Waals surface area (Å²) >= 11 is 0. The molecular weight excluding hydrogens is 278 g/mol. The highest BCUT2D eigenvalue weighted by molar-refractivity contribution is 5.84. The zero-order valence-corrected chi connectivity index (χ0v) is 12.1. The van der Waals surface area contributed by atoms with Crippen LogP contribution < -0.4 is 5.32 Å². The molecule has 1 amide bonds. The van der Waals surface area contributed by atoms with Gasteiger partial charge in [-0.2, -0.15) is 5.10 Å². The molecule has 4 rings (SSSR count). The molecule has 22 heavy (non-hydrogen) atoms. The van der Waals surface area contributed by atoms with E-state index in [1.165, 1.54) is 0 Å². The van der Waals surface area contributed by atoms with Crippen molar-refractivity contribution < 1.29 is 9.53 Å². The number of hydrogen-bond acceptors (Lipinski definition) is 3. The molecule has 2 heterocycles. The van der Waals surface area contributed by atoms with Crippen molar-refractivity contribution in [1.29, 1.82) is 0 Å². The molecular formula is C17H15N3O2. The van der Waals surface area contributed by atoms with E-state index in [2.05, 4.69) is 39.8 Å². The number of alkyl carbamates (subject to hydrolysis) is 1. The van der Waals surface area contributed by atoms with E-state index in [0.29, 0.717) is 6.61 Å². The van der Waals surface area contributed by atoms with Gasteiger partial charge in [-0.05, 0) is 35.7 Å². The van der Waals surface area contributed by atoms with Gasteiger partial charge in [0.25, 0.3) is 0 Å².